The number of halogens is 2. The normalized spacial score (nSPS) is 14.3. The van der Waals surface area contributed by atoms with Gasteiger partial charge in [-0.05, 0) is 51.6 Å². The molecule has 1 amide bonds. The monoisotopic (exact) mass is 529 g/mol. The fraction of sp³-hybridized carbons (Fsp3) is 0.121. The molecular formula is C33H22BF2NO3. The molecule has 0 atom stereocenters. The zero-order chi connectivity index (χ0) is 27.5. The van der Waals surface area contributed by atoms with Crippen LogP contribution in [0.5, 0.6) is 5.75 Å². The molecule has 0 bridgehead atoms. The van der Waals surface area contributed by atoms with Crippen molar-refractivity contribution in [3.63, 3.8) is 0 Å². The summed E-state index contributed by atoms with van der Waals surface area (Å²) >= 11 is 0. The van der Waals surface area contributed by atoms with E-state index in [2.05, 4.69) is 26.8 Å². The van der Waals surface area contributed by atoms with Gasteiger partial charge in [0.1, 0.15) is 23.0 Å². The van der Waals surface area contributed by atoms with Crippen LogP contribution < -0.4 is 26.0 Å². The summed E-state index contributed by atoms with van der Waals surface area (Å²) in [6.07, 6.45) is -0.593. The Bertz CT molecular complexity index is 2070. The van der Waals surface area contributed by atoms with Crippen molar-refractivity contribution in [1.82, 2.24) is 0 Å². The molecule has 0 fully saturated rings. The molecule has 8 rings (SSSR count). The lowest BCUT2D eigenvalue weighted by molar-refractivity contribution is 0.210. The molecule has 0 aliphatic carbocycles. The van der Waals surface area contributed by atoms with Crippen molar-refractivity contribution >= 4 is 73.3 Å². The Kier molecular flexibility index (Phi) is 4.49. The number of ether oxygens (including phenoxy) is 1. The Morgan fingerprint density at radius 2 is 1.50 bits per heavy atom. The average molecular weight is 529 g/mol. The second-order valence-corrected chi connectivity index (χ2v) is 11.6. The predicted molar refractivity (Wildman–Crippen MR) is 156 cm³/mol. The largest absolute Gasteiger partial charge is 0.454 e. The van der Waals surface area contributed by atoms with Crippen LogP contribution in [0, 0.1) is 11.6 Å². The Morgan fingerprint density at radius 3 is 2.27 bits per heavy atom. The van der Waals surface area contributed by atoms with E-state index in [9.17, 15) is 4.79 Å². The smallest absolute Gasteiger partial charge is 0.424 e. The molecule has 40 heavy (non-hydrogen) atoms. The van der Waals surface area contributed by atoms with Gasteiger partial charge in [0, 0.05) is 21.6 Å². The van der Waals surface area contributed by atoms with Crippen molar-refractivity contribution in [2.24, 2.45) is 0 Å². The number of nitrogens with zero attached hydrogens (tertiary/aromatic N) is 1. The maximum Gasteiger partial charge on any atom is 0.424 e. The van der Waals surface area contributed by atoms with Crippen molar-refractivity contribution in [2.45, 2.75) is 26.2 Å². The third-order valence-electron chi connectivity index (χ3n) is 8.26. The van der Waals surface area contributed by atoms with Gasteiger partial charge in [-0.15, -0.1) is 0 Å². The molecule has 4 nitrogen and oxygen atoms in total. The van der Waals surface area contributed by atoms with Crippen LogP contribution in [-0.2, 0) is 5.41 Å². The SMILES string of the molecule is CC(C)(C)c1ccc2c(c1)oc1c3c(ccc12)B(c1c(F)cccc1F)c1ccc2cccc4c2c1N3C(=O)O4. The lowest BCUT2D eigenvalue weighted by atomic mass is 9.34. The number of anilines is 2. The molecule has 1 aromatic heterocycles. The first-order valence-electron chi connectivity index (χ1n) is 13.2. The predicted octanol–water partition coefficient (Wildman–Crippen LogP) is 6.80. The van der Waals surface area contributed by atoms with E-state index in [1.807, 2.05) is 48.5 Å². The fourth-order valence-corrected chi connectivity index (χ4v) is 6.37. The third-order valence-corrected chi connectivity index (χ3v) is 8.26. The van der Waals surface area contributed by atoms with Gasteiger partial charge in [0.05, 0.1) is 11.4 Å². The lowest BCUT2D eigenvalue weighted by Gasteiger charge is -2.38. The van der Waals surface area contributed by atoms with Crippen LogP contribution in [0.2, 0.25) is 0 Å². The lowest BCUT2D eigenvalue weighted by Crippen LogP contribution is -2.61. The zero-order valence-electron chi connectivity index (χ0n) is 22.0. The van der Waals surface area contributed by atoms with Crippen molar-refractivity contribution in [2.75, 3.05) is 4.90 Å². The highest BCUT2D eigenvalue weighted by Gasteiger charge is 2.45. The molecule has 2 aliphatic heterocycles. The number of carbonyl (C=O) groups excluding carboxylic acids is 1. The van der Waals surface area contributed by atoms with Crippen molar-refractivity contribution in [1.29, 1.82) is 0 Å². The van der Waals surface area contributed by atoms with Crippen LogP contribution in [0.15, 0.2) is 83.3 Å². The second kappa shape index (κ2) is 7.72. The molecule has 2 aliphatic rings. The molecule has 0 unspecified atom stereocenters. The van der Waals surface area contributed by atoms with E-state index < -0.39 is 24.4 Å². The van der Waals surface area contributed by atoms with Crippen molar-refractivity contribution in [3.05, 3.63) is 96.1 Å². The second-order valence-electron chi connectivity index (χ2n) is 11.6. The first-order valence-corrected chi connectivity index (χ1v) is 13.2. The van der Waals surface area contributed by atoms with E-state index in [0.29, 0.717) is 39.2 Å². The van der Waals surface area contributed by atoms with Crippen LogP contribution in [0.1, 0.15) is 26.3 Å². The fourth-order valence-electron chi connectivity index (χ4n) is 6.37. The molecule has 5 aromatic carbocycles. The summed E-state index contributed by atoms with van der Waals surface area (Å²) in [6, 6.07) is 23.0. The number of rotatable bonds is 1. The van der Waals surface area contributed by atoms with E-state index in [1.165, 1.54) is 23.1 Å². The summed E-state index contributed by atoms with van der Waals surface area (Å²) < 4.78 is 43.3. The van der Waals surface area contributed by atoms with E-state index in [0.717, 1.165) is 27.1 Å². The van der Waals surface area contributed by atoms with Crippen LogP contribution in [-0.4, -0.2) is 12.8 Å². The quantitative estimate of drug-likeness (QED) is 0.220. The molecule has 0 N–H and O–H groups in total. The highest BCUT2D eigenvalue weighted by atomic mass is 19.1. The average Bonchev–Trinajstić information content (AvgIpc) is 3.30. The van der Waals surface area contributed by atoms with Gasteiger partial charge in [-0.2, -0.15) is 0 Å². The molecular weight excluding hydrogens is 507 g/mol. The minimum atomic E-state index is -0.812. The number of hydrogen-bond donors (Lipinski definition) is 0. The highest BCUT2D eigenvalue weighted by molar-refractivity contribution is 6.98. The van der Waals surface area contributed by atoms with Gasteiger partial charge in [0.2, 0.25) is 0 Å². The highest BCUT2D eigenvalue weighted by Crippen LogP contribution is 2.46. The number of benzene rings is 5. The molecule has 194 valence electrons. The maximum atomic E-state index is 15.5. The molecule has 6 aromatic rings. The van der Waals surface area contributed by atoms with Gasteiger partial charge >= 0.3 is 6.09 Å². The summed E-state index contributed by atoms with van der Waals surface area (Å²) in [5, 5.41) is 3.28. The van der Waals surface area contributed by atoms with Crippen molar-refractivity contribution in [3.8, 4) is 5.75 Å². The summed E-state index contributed by atoms with van der Waals surface area (Å²) in [7, 11) is 0. The van der Waals surface area contributed by atoms with Crippen LogP contribution in [0.4, 0.5) is 25.0 Å². The number of amides is 1. The van der Waals surface area contributed by atoms with Crippen LogP contribution in [0.3, 0.4) is 0 Å². The van der Waals surface area contributed by atoms with Crippen LogP contribution >= 0.6 is 0 Å². The van der Waals surface area contributed by atoms with Gasteiger partial charge in [-0.3, -0.25) is 0 Å². The van der Waals surface area contributed by atoms with E-state index in [-0.39, 0.29) is 10.9 Å². The van der Waals surface area contributed by atoms with Gasteiger partial charge < -0.3 is 9.15 Å². The summed E-state index contributed by atoms with van der Waals surface area (Å²) in [4.78, 5) is 15.2. The Labute approximate surface area is 228 Å². The number of carbonyl (C=O) groups is 1. The Morgan fingerprint density at radius 1 is 0.800 bits per heavy atom. The summed E-state index contributed by atoms with van der Waals surface area (Å²) in [5.41, 5.74) is 4.29. The van der Waals surface area contributed by atoms with E-state index in [4.69, 9.17) is 9.15 Å². The molecule has 0 saturated carbocycles. The first kappa shape index (κ1) is 23.3. The molecule has 0 saturated heterocycles. The molecule has 7 heteroatoms. The van der Waals surface area contributed by atoms with Gasteiger partial charge in [-0.1, -0.05) is 75.4 Å². The minimum absolute atomic E-state index is 0.0686. The summed E-state index contributed by atoms with van der Waals surface area (Å²) in [6.45, 7) is 5.59. The molecule has 3 heterocycles. The topological polar surface area (TPSA) is 42.7 Å². The number of fused-ring (bicyclic) bond motifs is 6. The molecule has 0 radical (unpaired) electrons. The minimum Gasteiger partial charge on any atom is -0.454 e. The maximum absolute atomic E-state index is 15.5. The van der Waals surface area contributed by atoms with E-state index in [1.54, 1.807) is 6.07 Å². The van der Waals surface area contributed by atoms with Gasteiger partial charge in [0.25, 0.3) is 6.71 Å². The van der Waals surface area contributed by atoms with E-state index >= 15 is 8.78 Å². The van der Waals surface area contributed by atoms with Gasteiger partial charge in [-0.25, -0.2) is 18.5 Å². The molecule has 0 spiro atoms. The number of hydrogen-bond acceptors (Lipinski definition) is 3. The Balaban J connectivity index is 1.53. The van der Waals surface area contributed by atoms with Crippen LogP contribution in [0.25, 0.3) is 32.7 Å². The standard InChI is InChI=1S/C33H22BF2NO3/c1-33(2,3)18-11-12-19-20-13-15-22-30(31(20)39-26(19)16-18)37-29-21(34(22)28-23(35)7-5-8-24(28)36)14-10-17-6-4-9-25(27(17)29)40-32(37)38/h4-16H,1-3H3. The van der Waals surface area contributed by atoms with Crippen molar-refractivity contribution < 1.29 is 22.7 Å². The Hall–Kier alpha value is -4.65. The summed E-state index contributed by atoms with van der Waals surface area (Å²) in [5.74, 6) is -0.885. The number of furan rings is 1. The third kappa shape index (κ3) is 2.97. The first-order chi connectivity index (χ1) is 19.2. The zero-order valence-corrected chi connectivity index (χ0v) is 22.0. The van der Waals surface area contributed by atoms with Gasteiger partial charge in [0.15, 0.2) is 5.58 Å².